The zero-order chi connectivity index (χ0) is 12.8. The lowest BCUT2D eigenvalue weighted by Gasteiger charge is -2.43. The number of aromatic nitrogens is 1. The molecule has 3 unspecified atom stereocenters. The number of nitrogens with one attached hydrogen (secondary N) is 1. The lowest BCUT2D eigenvalue weighted by atomic mass is 9.68. The summed E-state index contributed by atoms with van der Waals surface area (Å²) >= 11 is 1.77. The van der Waals surface area contributed by atoms with Crippen LogP contribution in [0.2, 0.25) is 0 Å². The molecule has 3 atom stereocenters. The van der Waals surface area contributed by atoms with Crippen LogP contribution in [0.1, 0.15) is 45.0 Å². The van der Waals surface area contributed by atoms with E-state index in [9.17, 15) is 0 Å². The number of rotatable bonds is 4. The highest BCUT2D eigenvalue weighted by atomic mass is 32.1. The summed E-state index contributed by atoms with van der Waals surface area (Å²) in [6.07, 6.45) is 7.26. The summed E-state index contributed by atoms with van der Waals surface area (Å²) in [6, 6.07) is 0.684. The molecule has 3 rings (SSSR count). The molecule has 2 fully saturated rings. The number of hydrogen-bond donors (Lipinski definition) is 1. The minimum absolute atomic E-state index is 0.468. The van der Waals surface area contributed by atoms with Crippen molar-refractivity contribution in [3.8, 4) is 0 Å². The number of nitrogens with zero attached hydrogens (tertiary/aromatic N) is 1. The summed E-state index contributed by atoms with van der Waals surface area (Å²) in [7, 11) is 0. The third kappa shape index (κ3) is 1.92. The van der Waals surface area contributed by atoms with E-state index in [1.165, 1.54) is 24.3 Å². The molecule has 1 heterocycles. The van der Waals surface area contributed by atoms with Gasteiger partial charge in [0.2, 0.25) is 0 Å². The first-order valence-corrected chi connectivity index (χ1v) is 8.02. The van der Waals surface area contributed by atoms with Crippen LogP contribution in [-0.4, -0.2) is 17.6 Å². The van der Waals surface area contributed by atoms with E-state index in [0.29, 0.717) is 16.9 Å². The van der Waals surface area contributed by atoms with Gasteiger partial charge in [0.05, 0.1) is 5.01 Å². The molecule has 0 radical (unpaired) electrons. The van der Waals surface area contributed by atoms with Crippen LogP contribution in [0.25, 0.3) is 0 Å². The Bertz CT molecular complexity index is 407. The van der Waals surface area contributed by atoms with Gasteiger partial charge in [-0.15, -0.1) is 11.3 Å². The van der Waals surface area contributed by atoms with Crippen LogP contribution in [0.3, 0.4) is 0 Å². The van der Waals surface area contributed by atoms with Crippen molar-refractivity contribution >= 4 is 11.3 Å². The minimum atomic E-state index is 0.468. The highest BCUT2D eigenvalue weighted by molar-refractivity contribution is 7.09. The summed E-state index contributed by atoms with van der Waals surface area (Å²) in [5.41, 5.74) is 1.01. The Hall–Kier alpha value is -0.410. The molecule has 0 spiro atoms. The molecule has 2 aliphatic rings. The summed E-state index contributed by atoms with van der Waals surface area (Å²) < 4.78 is 0. The molecule has 2 saturated carbocycles. The third-order valence-electron chi connectivity index (χ3n) is 5.44. The number of thiazole rings is 1. The fraction of sp³-hybridized carbons (Fsp3) is 0.800. The first kappa shape index (κ1) is 12.6. The molecule has 0 saturated heterocycles. The van der Waals surface area contributed by atoms with Gasteiger partial charge in [0.15, 0.2) is 0 Å². The highest BCUT2D eigenvalue weighted by Gasteiger charge is 2.58. The number of hydrogen-bond acceptors (Lipinski definition) is 3. The molecule has 0 aliphatic heterocycles. The molecule has 2 bridgehead atoms. The van der Waals surface area contributed by atoms with Gasteiger partial charge in [-0.05, 0) is 36.0 Å². The molecular formula is C15H24N2S. The Balaban J connectivity index is 1.62. The SMILES string of the molecule is CC12CCC(C1)C(C)(C)C2NCCc1nccs1. The second-order valence-electron chi connectivity index (χ2n) is 6.98. The van der Waals surface area contributed by atoms with E-state index in [-0.39, 0.29) is 0 Å². The summed E-state index contributed by atoms with van der Waals surface area (Å²) in [4.78, 5) is 4.36. The lowest BCUT2D eigenvalue weighted by Crippen LogP contribution is -2.50. The average Bonchev–Trinajstić information content (AvgIpc) is 2.96. The van der Waals surface area contributed by atoms with Crippen LogP contribution in [-0.2, 0) is 6.42 Å². The Morgan fingerprint density at radius 2 is 2.28 bits per heavy atom. The fourth-order valence-corrected chi connectivity index (χ4v) is 5.13. The Kier molecular flexibility index (Phi) is 3.02. The van der Waals surface area contributed by atoms with Crippen molar-refractivity contribution in [2.24, 2.45) is 16.7 Å². The Morgan fingerprint density at radius 3 is 2.89 bits per heavy atom. The van der Waals surface area contributed by atoms with E-state index in [4.69, 9.17) is 0 Å². The largest absolute Gasteiger partial charge is 0.312 e. The van der Waals surface area contributed by atoms with Crippen molar-refractivity contribution in [1.29, 1.82) is 0 Å². The van der Waals surface area contributed by atoms with Crippen molar-refractivity contribution < 1.29 is 0 Å². The van der Waals surface area contributed by atoms with Gasteiger partial charge >= 0.3 is 0 Å². The zero-order valence-electron chi connectivity index (χ0n) is 11.7. The molecule has 0 amide bonds. The molecule has 1 aromatic heterocycles. The molecule has 2 aliphatic carbocycles. The van der Waals surface area contributed by atoms with Gasteiger partial charge in [-0.1, -0.05) is 20.8 Å². The van der Waals surface area contributed by atoms with Crippen molar-refractivity contribution in [2.75, 3.05) is 6.54 Å². The maximum Gasteiger partial charge on any atom is 0.0937 e. The molecule has 1 aromatic rings. The molecular weight excluding hydrogens is 240 g/mol. The molecule has 0 aromatic carbocycles. The zero-order valence-corrected chi connectivity index (χ0v) is 12.5. The van der Waals surface area contributed by atoms with E-state index in [1.54, 1.807) is 11.3 Å². The summed E-state index contributed by atoms with van der Waals surface area (Å²) in [5.74, 6) is 0.930. The summed E-state index contributed by atoms with van der Waals surface area (Å²) in [6.45, 7) is 8.49. The molecule has 3 heteroatoms. The van der Waals surface area contributed by atoms with E-state index >= 15 is 0 Å². The average molecular weight is 264 g/mol. The van der Waals surface area contributed by atoms with Crippen LogP contribution in [0.4, 0.5) is 0 Å². The normalized spacial score (nSPS) is 37.3. The third-order valence-corrected chi connectivity index (χ3v) is 6.28. The molecule has 1 N–H and O–H groups in total. The van der Waals surface area contributed by atoms with Crippen molar-refractivity contribution in [3.05, 3.63) is 16.6 Å². The first-order chi connectivity index (χ1) is 8.52. The van der Waals surface area contributed by atoms with Crippen molar-refractivity contribution in [2.45, 2.75) is 52.5 Å². The van der Waals surface area contributed by atoms with Crippen molar-refractivity contribution in [1.82, 2.24) is 10.3 Å². The van der Waals surface area contributed by atoms with Crippen LogP contribution >= 0.6 is 11.3 Å². The topological polar surface area (TPSA) is 24.9 Å². The van der Waals surface area contributed by atoms with Crippen molar-refractivity contribution in [3.63, 3.8) is 0 Å². The van der Waals surface area contributed by atoms with Gasteiger partial charge in [0, 0.05) is 30.6 Å². The smallest absolute Gasteiger partial charge is 0.0937 e. The van der Waals surface area contributed by atoms with Gasteiger partial charge in [0.1, 0.15) is 0 Å². The standard InChI is InChI=1S/C15H24N2S/c1-14(2)11-4-6-15(3,10-11)13(14)17-7-5-12-16-8-9-18-12/h8-9,11,13,17H,4-7,10H2,1-3H3. The first-order valence-electron chi connectivity index (χ1n) is 7.14. The maximum atomic E-state index is 4.36. The van der Waals surface area contributed by atoms with Crippen LogP contribution in [0.5, 0.6) is 0 Å². The number of fused-ring (bicyclic) bond motifs is 2. The van der Waals surface area contributed by atoms with Gasteiger partial charge < -0.3 is 5.32 Å². The second-order valence-corrected chi connectivity index (χ2v) is 7.96. The predicted molar refractivity (Wildman–Crippen MR) is 76.8 cm³/mol. The van der Waals surface area contributed by atoms with E-state index in [0.717, 1.165) is 18.9 Å². The lowest BCUT2D eigenvalue weighted by molar-refractivity contribution is 0.110. The highest BCUT2D eigenvalue weighted by Crippen LogP contribution is 2.62. The van der Waals surface area contributed by atoms with Gasteiger partial charge in [0.25, 0.3) is 0 Å². The Labute approximate surface area is 114 Å². The van der Waals surface area contributed by atoms with Crippen LogP contribution in [0.15, 0.2) is 11.6 Å². The quantitative estimate of drug-likeness (QED) is 0.900. The molecule has 18 heavy (non-hydrogen) atoms. The van der Waals surface area contributed by atoms with Gasteiger partial charge in [-0.25, -0.2) is 4.98 Å². The van der Waals surface area contributed by atoms with Gasteiger partial charge in [-0.2, -0.15) is 0 Å². The minimum Gasteiger partial charge on any atom is -0.312 e. The second kappa shape index (κ2) is 4.31. The van der Waals surface area contributed by atoms with Crippen LogP contribution < -0.4 is 5.32 Å². The fourth-order valence-electron chi connectivity index (χ4n) is 4.51. The molecule has 2 nitrogen and oxygen atoms in total. The Morgan fingerprint density at radius 1 is 1.44 bits per heavy atom. The van der Waals surface area contributed by atoms with Crippen LogP contribution in [0, 0.1) is 16.7 Å². The van der Waals surface area contributed by atoms with Gasteiger partial charge in [-0.3, -0.25) is 0 Å². The van der Waals surface area contributed by atoms with E-state index in [2.05, 4.69) is 36.5 Å². The molecule has 100 valence electrons. The summed E-state index contributed by atoms with van der Waals surface area (Å²) in [5, 5.41) is 7.17. The van der Waals surface area contributed by atoms with E-state index < -0.39 is 0 Å². The maximum absolute atomic E-state index is 4.36. The predicted octanol–water partition coefficient (Wildman–Crippen LogP) is 3.49. The van der Waals surface area contributed by atoms with E-state index in [1.807, 2.05) is 6.20 Å². The monoisotopic (exact) mass is 264 g/mol.